The number of nitrogens with one attached hydrogen (secondary N) is 1. The SMILES string of the molecule is CC(=O)Oc1ccc([N+](=O)[O-])cc1.N=P.O=[N+]([O-])c1ccc(O)cc1.O=[N+]([O-])c1ccc([O-])cc1.[H+]. The molecule has 15 heteroatoms. The summed E-state index contributed by atoms with van der Waals surface area (Å²) in [7, 11) is 2.22. The molecule has 0 saturated heterocycles. The molecule has 0 fully saturated rings. The second-order valence-electron chi connectivity index (χ2n) is 5.87. The second-order valence-corrected chi connectivity index (χ2v) is 5.87. The molecule has 14 nitrogen and oxygen atoms in total. The van der Waals surface area contributed by atoms with E-state index in [-0.39, 0.29) is 30.0 Å². The third kappa shape index (κ3) is 12.6. The van der Waals surface area contributed by atoms with E-state index < -0.39 is 20.7 Å². The summed E-state index contributed by atoms with van der Waals surface area (Å²) in [5.74, 6) is -0.330. The van der Waals surface area contributed by atoms with Crippen LogP contribution in [0.25, 0.3) is 0 Å². The Kier molecular flexibility index (Phi) is 13.5. The topological polar surface area (TPSA) is 223 Å². The molecule has 0 aliphatic heterocycles. The normalized spacial score (nSPS) is 8.83. The summed E-state index contributed by atoms with van der Waals surface area (Å²) in [5, 5.41) is 55.0. The van der Waals surface area contributed by atoms with Gasteiger partial charge in [-0.05, 0) is 33.3 Å². The Morgan fingerprint density at radius 2 is 1.09 bits per heavy atom. The van der Waals surface area contributed by atoms with Crippen LogP contribution < -0.4 is 9.84 Å². The van der Waals surface area contributed by atoms with E-state index in [1.54, 1.807) is 0 Å². The third-order valence-corrected chi connectivity index (χ3v) is 3.42. The van der Waals surface area contributed by atoms with Gasteiger partial charge in [-0.3, -0.25) is 40.3 Å². The number of nitrogens with zero attached hydrogens (tertiary/aromatic N) is 3. The molecule has 0 unspecified atom stereocenters. The Hall–Kier alpha value is -4.97. The summed E-state index contributed by atoms with van der Waals surface area (Å²) in [6.45, 7) is 1.27. The summed E-state index contributed by atoms with van der Waals surface area (Å²) < 4.78 is 4.69. The molecule has 184 valence electrons. The van der Waals surface area contributed by atoms with Crippen molar-refractivity contribution >= 4 is 32.1 Å². The van der Waals surface area contributed by atoms with Crippen molar-refractivity contribution in [2.24, 2.45) is 0 Å². The van der Waals surface area contributed by atoms with Gasteiger partial charge in [0, 0.05) is 43.3 Å². The molecule has 3 aromatic rings. The number of aromatic hydroxyl groups is 1. The molecule has 0 bridgehead atoms. The van der Waals surface area contributed by atoms with Gasteiger partial charge in [-0.15, -0.1) is 5.75 Å². The van der Waals surface area contributed by atoms with Crippen LogP contribution in [0.1, 0.15) is 8.35 Å². The van der Waals surface area contributed by atoms with Crippen LogP contribution in [0.5, 0.6) is 17.2 Å². The van der Waals surface area contributed by atoms with Crippen LogP contribution in [0, 0.1) is 35.5 Å². The van der Waals surface area contributed by atoms with Gasteiger partial charge in [0.1, 0.15) is 11.5 Å². The van der Waals surface area contributed by atoms with Gasteiger partial charge >= 0.3 is 7.40 Å². The van der Waals surface area contributed by atoms with Crippen molar-refractivity contribution in [1.82, 2.24) is 0 Å². The van der Waals surface area contributed by atoms with Crippen molar-refractivity contribution in [3.8, 4) is 17.2 Å². The number of non-ortho nitro benzene ring substituents is 3. The minimum absolute atomic E-state index is 0. The largest absolute Gasteiger partial charge is 1.00 e. The summed E-state index contributed by atoms with van der Waals surface area (Å²) in [5.41, 5.74) is -0.103. The lowest BCUT2D eigenvalue weighted by Crippen LogP contribution is -2.01. The van der Waals surface area contributed by atoms with Crippen LogP contribution in [0.4, 0.5) is 17.1 Å². The minimum atomic E-state index is -0.542. The second kappa shape index (κ2) is 15.8. The number of esters is 1. The van der Waals surface area contributed by atoms with Crippen LogP contribution in [-0.4, -0.2) is 25.8 Å². The van der Waals surface area contributed by atoms with Gasteiger partial charge in [0.05, 0.1) is 14.8 Å². The molecule has 35 heavy (non-hydrogen) atoms. The highest BCUT2D eigenvalue weighted by atomic mass is 31.0. The van der Waals surface area contributed by atoms with E-state index in [0.29, 0.717) is 5.75 Å². The first-order valence-electron chi connectivity index (χ1n) is 9.02. The molecule has 0 radical (unpaired) electrons. The molecule has 3 aromatic carbocycles. The van der Waals surface area contributed by atoms with Crippen molar-refractivity contribution in [3.05, 3.63) is 103 Å². The third-order valence-electron chi connectivity index (χ3n) is 3.42. The van der Waals surface area contributed by atoms with Crippen LogP contribution in [0.3, 0.4) is 0 Å². The van der Waals surface area contributed by atoms with Gasteiger partial charge in [0.2, 0.25) is 0 Å². The molecule has 0 aliphatic rings. The molecule has 0 amide bonds. The molecular formula is C20H19N4O10P. The van der Waals surface area contributed by atoms with Crippen LogP contribution in [-0.2, 0) is 4.79 Å². The Labute approximate surface area is 201 Å². The number of hydrogen-bond donors (Lipinski definition) is 2. The van der Waals surface area contributed by atoms with Gasteiger partial charge in [-0.1, -0.05) is 12.1 Å². The van der Waals surface area contributed by atoms with Gasteiger partial charge in [0.15, 0.2) is 0 Å². The van der Waals surface area contributed by atoms with E-state index in [1.165, 1.54) is 67.6 Å². The van der Waals surface area contributed by atoms with E-state index in [0.717, 1.165) is 12.1 Å². The number of hydrogen-bond acceptors (Lipinski definition) is 11. The first-order chi connectivity index (χ1) is 16.5. The number of nitro groups is 3. The van der Waals surface area contributed by atoms with Crippen LogP contribution in [0.15, 0.2) is 72.8 Å². The number of rotatable bonds is 4. The average molecular weight is 506 g/mol. The fraction of sp³-hybridized carbons (Fsp3) is 0.0500. The minimum Gasteiger partial charge on any atom is -0.872 e. The zero-order valence-corrected chi connectivity index (χ0v) is 18.9. The predicted octanol–water partition coefficient (Wildman–Crippen LogP) is 4.49. The molecule has 0 atom stereocenters. The van der Waals surface area contributed by atoms with Gasteiger partial charge in [0.25, 0.3) is 17.1 Å². The fourth-order valence-electron chi connectivity index (χ4n) is 1.94. The lowest BCUT2D eigenvalue weighted by molar-refractivity contribution is -0.385. The first kappa shape index (κ1) is 30.0. The smallest absolute Gasteiger partial charge is 0.872 e. The Morgan fingerprint density at radius 3 is 1.40 bits per heavy atom. The summed E-state index contributed by atoms with van der Waals surface area (Å²) >= 11 is 0. The Morgan fingerprint density at radius 1 is 0.771 bits per heavy atom. The van der Waals surface area contributed by atoms with Crippen molar-refractivity contribution in [2.45, 2.75) is 6.92 Å². The number of ether oxygens (including phenoxy) is 1. The first-order valence-corrected chi connectivity index (χ1v) is 9.52. The summed E-state index contributed by atoms with van der Waals surface area (Å²) in [6.07, 6.45) is 0. The lowest BCUT2D eigenvalue weighted by atomic mass is 10.3. The molecule has 0 heterocycles. The summed E-state index contributed by atoms with van der Waals surface area (Å²) in [6, 6.07) is 15.0. The van der Waals surface area contributed by atoms with Crippen molar-refractivity contribution in [3.63, 3.8) is 0 Å². The molecular weight excluding hydrogens is 487 g/mol. The van der Waals surface area contributed by atoms with E-state index >= 15 is 0 Å². The molecule has 0 saturated carbocycles. The van der Waals surface area contributed by atoms with Crippen LogP contribution >= 0.6 is 9.03 Å². The highest BCUT2D eigenvalue weighted by molar-refractivity contribution is 7.02. The van der Waals surface area contributed by atoms with Gasteiger partial charge in [-0.25, -0.2) is 0 Å². The van der Waals surface area contributed by atoms with E-state index in [2.05, 4.69) is 13.8 Å². The average Bonchev–Trinajstić information content (AvgIpc) is 2.82. The zero-order valence-electron chi connectivity index (χ0n) is 18.9. The fourth-order valence-corrected chi connectivity index (χ4v) is 1.94. The molecule has 2 N–H and O–H groups in total. The number of phenolic OH excluding ortho intramolecular Hbond substituents is 1. The Balaban J connectivity index is 0. The van der Waals surface area contributed by atoms with E-state index in [9.17, 15) is 40.2 Å². The molecule has 3 rings (SSSR count). The maximum Gasteiger partial charge on any atom is 1.00 e. The quantitative estimate of drug-likeness (QED) is 0.166. The van der Waals surface area contributed by atoms with Gasteiger partial charge < -0.3 is 14.9 Å². The van der Waals surface area contributed by atoms with E-state index in [1.807, 2.05) is 0 Å². The maximum absolute atomic E-state index is 10.5. The number of carbonyl (C=O) groups excluding carboxylic acids is 1. The predicted molar refractivity (Wildman–Crippen MR) is 124 cm³/mol. The monoisotopic (exact) mass is 506 g/mol. The van der Waals surface area contributed by atoms with Crippen molar-refractivity contribution in [1.29, 1.82) is 5.16 Å². The van der Waals surface area contributed by atoms with E-state index in [4.69, 9.17) is 10.3 Å². The highest BCUT2D eigenvalue weighted by Crippen LogP contribution is 2.17. The zero-order chi connectivity index (χ0) is 27.0. The molecule has 0 aliphatic carbocycles. The standard InChI is InChI=1S/C8H7NO4.2C6H5NO3.H2NP/c1-6(10)13-8-4-2-7(3-5-8)9(11)12;2*8-6-3-1-5(2-4-6)7(9)10;1-2/h2-5H,1H3;2*1-4,8H;1-2H. The molecule has 0 spiro atoms. The number of nitro benzene ring substituents is 3. The van der Waals surface area contributed by atoms with Gasteiger partial charge in [-0.2, -0.15) is 0 Å². The summed E-state index contributed by atoms with van der Waals surface area (Å²) in [4.78, 5) is 39.2. The maximum atomic E-state index is 10.5. The highest BCUT2D eigenvalue weighted by Gasteiger charge is 2.05. The molecule has 0 aromatic heterocycles. The number of benzene rings is 3. The Bertz CT molecular complexity index is 1080. The number of carbonyl (C=O) groups is 1. The van der Waals surface area contributed by atoms with Crippen molar-refractivity contribution in [2.75, 3.05) is 0 Å². The van der Waals surface area contributed by atoms with Crippen LogP contribution in [0.2, 0.25) is 0 Å². The number of phenols is 1. The lowest BCUT2D eigenvalue weighted by Gasteiger charge is -2.00. The van der Waals surface area contributed by atoms with Crippen molar-refractivity contribution < 1.29 is 35.9 Å².